The van der Waals surface area contributed by atoms with Gasteiger partial charge in [-0.3, -0.25) is 9.59 Å². The summed E-state index contributed by atoms with van der Waals surface area (Å²) in [4.78, 5) is 25.2. The van der Waals surface area contributed by atoms with Crippen molar-refractivity contribution in [3.05, 3.63) is 107 Å². The number of allylic oxidation sites excluding steroid dienone is 8. The van der Waals surface area contributed by atoms with Crippen molar-refractivity contribution in [3.8, 4) is 23.6 Å². The number of hydrogen-bond acceptors (Lipinski definition) is 8. The molecule has 2 aromatic carbocycles. The molecule has 0 aromatic heterocycles. The van der Waals surface area contributed by atoms with E-state index in [0.717, 1.165) is 11.1 Å². The van der Waals surface area contributed by atoms with Gasteiger partial charge in [-0.05, 0) is 61.4 Å². The number of ketones is 2. The normalized spacial score (nSPS) is 13.8. The fourth-order valence-corrected chi connectivity index (χ4v) is 4.09. The molecule has 0 fully saturated rings. The van der Waals surface area contributed by atoms with Gasteiger partial charge in [-0.25, -0.2) is 0 Å². The molecule has 0 aliphatic rings. The number of aliphatic hydroxyl groups is 2. The largest absolute Gasteiger partial charge is 0.493 e. The molecule has 0 saturated heterocycles. The lowest BCUT2D eigenvalue weighted by atomic mass is 9.78. The summed E-state index contributed by atoms with van der Waals surface area (Å²) >= 11 is 0. The zero-order chi connectivity index (χ0) is 31.8. The minimum absolute atomic E-state index is 0.0404. The van der Waals surface area contributed by atoms with E-state index in [2.05, 4.69) is 13.8 Å². The lowest BCUT2D eigenvalue weighted by Crippen LogP contribution is -2.26. The second-order valence-electron chi connectivity index (χ2n) is 10.2. The Morgan fingerprint density at radius 1 is 0.744 bits per heavy atom. The van der Waals surface area contributed by atoms with Crippen LogP contribution in [0.25, 0.3) is 0 Å². The Labute approximate surface area is 253 Å². The second kappa shape index (κ2) is 17.3. The van der Waals surface area contributed by atoms with Crippen LogP contribution in [0.3, 0.4) is 0 Å². The summed E-state index contributed by atoms with van der Waals surface area (Å²) in [6, 6.07) is 18.6. The first-order chi connectivity index (χ1) is 20.7. The van der Waals surface area contributed by atoms with Crippen molar-refractivity contribution in [2.45, 2.75) is 33.1 Å². The average molecular weight is 583 g/mol. The van der Waals surface area contributed by atoms with Crippen LogP contribution in [-0.2, 0) is 15.0 Å². The van der Waals surface area contributed by atoms with Crippen LogP contribution in [0.4, 0.5) is 0 Å². The molecular weight excluding hydrogens is 544 g/mol. The molecule has 0 amide bonds. The lowest BCUT2D eigenvalue weighted by molar-refractivity contribution is -0.121. The summed E-state index contributed by atoms with van der Waals surface area (Å²) in [5.41, 5.74) is 1.55. The monoisotopic (exact) mass is 582 g/mol. The molecule has 0 aliphatic carbocycles. The maximum absolute atomic E-state index is 12.6. The third-order valence-electron chi connectivity index (χ3n) is 6.92. The van der Waals surface area contributed by atoms with Crippen molar-refractivity contribution in [2.75, 3.05) is 26.4 Å². The Hall–Kier alpha value is -4.76. The zero-order valence-electron chi connectivity index (χ0n) is 25.0. The fourth-order valence-electron chi connectivity index (χ4n) is 4.09. The number of nitrogens with zero attached hydrogens (tertiary/aromatic N) is 2. The zero-order valence-corrected chi connectivity index (χ0v) is 25.0. The molecule has 8 nitrogen and oxygen atoms in total. The van der Waals surface area contributed by atoms with Crippen molar-refractivity contribution in [3.63, 3.8) is 0 Å². The number of nitriles is 2. The molecule has 0 radical (unpaired) electrons. The van der Waals surface area contributed by atoms with Gasteiger partial charge < -0.3 is 19.7 Å². The summed E-state index contributed by atoms with van der Waals surface area (Å²) in [5, 5.41) is 37.9. The van der Waals surface area contributed by atoms with Crippen LogP contribution in [0.1, 0.15) is 38.8 Å². The van der Waals surface area contributed by atoms with E-state index in [1.807, 2.05) is 36.4 Å². The van der Waals surface area contributed by atoms with Crippen molar-refractivity contribution in [1.29, 1.82) is 10.5 Å². The summed E-state index contributed by atoms with van der Waals surface area (Å²) in [7, 11) is 0. The van der Waals surface area contributed by atoms with Crippen molar-refractivity contribution < 1.29 is 29.3 Å². The van der Waals surface area contributed by atoms with Gasteiger partial charge >= 0.3 is 0 Å². The van der Waals surface area contributed by atoms with Gasteiger partial charge in [0.25, 0.3) is 0 Å². The number of ether oxygens (including phenoxy) is 2. The minimum atomic E-state index is -0.859. The second-order valence-corrected chi connectivity index (χ2v) is 10.2. The topological polar surface area (TPSA) is 141 Å². The maximum Gasteiger partial charge on any atom is 0.182 e. The van der Waals surface area contributed by atoms with E-state index in [-0.39, 0.29) is 29.8 Å². The van der Waals surface area contributed by atoms with Gasteiger partial charge in [-0.15, -0.1) is 0 Å². The standard InChI is InChI=1S/C35H38N2O6/c1-5-7-9-25(19-36)33(40)27(21-38)23-42-31-15-11-29(12-16-31)35(3,4)30-13-17-32(18-14-30)43-24-28(22-39)34(41)26(20-37)10-8-6-2/h5-18,27-28,38-39H,21-24H2,1-4H3. The molecule has 224 valence electrons. The van der Waals surface area contributed by atoms with Crippen molar-refractivity contribution in [1.82, 2.24) is 0 Å². The predicted molar refractivity (Wildman–Crippen MR) is 164 cm³/mol. The Balaban J connectivity index is 2.06. The van der Waals surface area contributed by atoms with Crippen LogP contribution in [0.2, 0.25) is 0 Å². The van der Waals surface area contributed by atoms with E-state index in [0.29, 0.717) is 11.5 Å². The van der Waals surface area contributed by atoms with Crippen molar-refractivity contribution >= 4 is 11.6 Å². The molecule has 2 aromatic rings. The summed E-state index contributed by atoms with van der Waals surface area (Å²) in [6.45, 7) is 6.67. The highest BCUT2D eigenvalue weighted by molar-refractivity contribution is 6.01. The fraction of sp³-hybridized carbons (Fsp3) is 0.314. The summed E-state index contributed by atoms with van der Waals surface area (Å²) in [6.07, 6.45) is 9.45. The van der Waals surface area contributed by atoms with Crippen LogP contribution in [-0.4, -0.2) is 48.2 Å². The van der Waals surface area contributed by atoms with Gasteiger partial charge in [0.15, 0.2) is 11.6 Å². The first-order valence-corrected chi connectivity index (χ1v) is 13.9. The third kappa shape index (κ3) is 9.65. The molecule has 2 atom stereocenters. The highest BCUT2D eigenvalue weighted by Crippen LogP contribution is 2.33. The van der Waals surface area contributed by atoms with Gasteiger partial charge in [-0.2, -0.15) is 10.5 Å². The van der Waals surface area contributed by atoms with Gasteiger partial charge in [0, 0.05) is 5.41 Å². The first kappa shape index (κ1) is 34.4. The molecule has 2 rings (SSSR count). The SMILES string of the molecule is CC=CC=C(C#N)C(=O)C(CO)COc1ccc(C(C)(C)c2ccc(OCC(CO)C(=O)C(C#N)=CC=CC)cc2)cc1. The Morgan fingerprint density at radius 3 is 1.37 bits per heavy atom. The van der Waals surface area contributed by atoms with E-state index >= 15 is 0 Å². The van der Waals surface area contributed by atoms with Gasteiger partial charge in [0.1, 0.15) is 36.9 Å². The number of carbonyl (C=O) groups is 2. The van der Waals surface area contributed by atoms with Gasteiger partial charge in [-0.1, -0.05) is 62.4 Å². The number of rotatable bonds is 16. The van der Waals surface area contributed by atoms with Crippen LogP contribution in [0, 0.1) is 34.5 Å². The summed E-state index contributed by atoms with van der Waals surface area (Å²) < 4.78 is 11.5. The summed E-state index contributed by atoms with van der Waals surface area (Å²) in [5.74, 6) is -1.61. The Bertz CT molecular complexity index is 1330. The van der Waals surface area contributed by atoms with Crippen molar-refractivity contribution in [2.24, 2.45) is 11.8 Å². The average Bonchev–Trinajstić information content (AvgIpc) is 3.02. The molecular formula is C35H38N2O6. The lowest BCUT2D eigenvalue weighted by Gasteiger charge is -2.26. The minimum Gasteiger partial charge on any atom is -0.493 e. The molecule has 2 unspecified atom stereocenters. The molecule has 2 N–H and O–H groups in total. The number of hydrogen-bond donors (Lipinski definition) is 2. The van der Waals surface area contributed by atoms with E-state index in [1.54, 1.807) is 62.4 Å². The van der Waals surface area contributed by atoms with E-state index in [1.165, 1.54) is 12.2 Å². The number of Topliss-reactive ketones (excluding diaryl/α,β-unsaturated/α-hetero) is 2. The van der Waals surface area contributed by atoms with E-state index < -0.39 is 36.6 Å². The van der Waals surface area contributed by atoms with Gasteiger partial charge in [0.2, 0.25) is 0 Å². The molecule has 43 heavy (non-hydrogen) atoms. The Morgan fingerprint density at radius 2 is 1.09 bits per heavy atom. The van der Waals surface area contributed by atoms with Gasteiger partial charge in [0.05, 0.1) is 36.2 Å². The van der Waals surface area contributed by atoms with E-state index in [4.69, 9.17) is 9.47 Å². The van der Waals surface area contributed by atoms with Crippen LogP contribution in [0.15, 0.2) is 96.1 Å². The molecule has 0 heterocycles. The van der Waals surface area contributed by atoms with E-state index in [9.17, 15) is 30.3 Å². The smallest absolute Gasteiger partial charge is 0.182 e. The molecule has 8 heteroatoms. The third-order valence-corrected chi connectivity index (χ3v) is 6.92. The first-order valence-electron chi connectivity index (χ1n) is 13.9. The highest BCUT2D eigenvalue weighted by atomic mass is 16.5. The van der Waals surface area contributed by atoms with Crippen LogP contribution < -0.4 is 9.47 Å². The molecule has 0 spiro atoms. The van der Waals surface area contributed by atoms with Crippen LogP contribution >= 0.6 is 0 Å². The maximum atomic E-state index is 12.6. The number of carbonyl (C=O) groups excluding carboxylic acids is 2. The molecule has 0 saturated carbocycles. The predicted octanol–water partition coefficient (Wildman–Crippen LogP) is 5.18. The molecule has 0 aliphatic heterocycles. The molecule has 0 bridgehead atoms. The number of benzene rings is 2. The van der Waals surface area contributed by atoms with Crippen LogP contribution in [0.5, 0.6) is 11.5 Å². The highest BCUT2D eigenvalue weighted by Gasteiger charge is 2.25. The quantitative estimate of drug-likeness (QED) is 0.157. The Kier molecular flexibility index (Phi) is 13.8. The number of aliphatic hydroxyl groups excluding tert-OH is 2.